The molecular weight excluding hydrogens is 324 g/mol. The number of amides is 1. The minimum absolute atomic E-state index is 0.00573. The van der Waals surface area contributed by atoms with E-state index < -0.39 is 0 Å². The number of anilines is 1. The number of hydrogen-bond donors (Lipinski definition) is 1. The van der Waals surface area contributed by atoms with Crippen molar-refractivity contribution in [3.8, 4) is 0 Å². The lowest BCUT2D eigenvalue weighted by Gasteiger charge is -2.24. The van der Waals surface area contributed by atoms with Crippen molar-refractivity contribution >= 4 is 23.4 Å². The maximum atomic E-state index is 12.8. The molecule has 2 aromatic rings. The zero-order valence-electron chi connectivity index (χ0n) is 14.4. The van der Waals surface area contributed by atoms with E-state index in [2.05, 4.69) is 17.1 Å². The number of rotatable bonds is 8. The number of hydrogen-bond acceptors (Lipinski definition) is 4. The van der Waals surface area contributed by atoms with E-state index in [1.54, 1.807) is 9.47 Å². The zero-order chi connectivity index (χ0) is 17.5. The number of H-pyrrole nitrogens is 1. The number of aromatic nitrogens is 3. The van der Waals surface area contributed by atoms with Gasteiger partial charge in [0.1, 0.15) is 0 Å². The van der Waals surface area contributed by atoms with Crippen LogP contribution in [0.15, 0.2) is 40.3 Å². The number of para-hydroxylation sites is 1. The predicted octanol–water partition coefficient (Wildman–Crippen LogP) is 2.91. The summed E-state index contributed by atoms with van der Waals surface area (Å²) < 4.78 is 1.61. The summed E-state index contributed by atoms with van der Waals surface area (Å²) in [5.41, 5.74) is 0.656. The summed E-state index contributed by atoms with van der Waals surface area (Å²) in [6.45, 7) is 7.08. The molecule has 130 valence electrons. The third-order valence-electron chi connectivity index (χ3n) is 3.74. The molecule has 6 nitrogen and oxygen atoms in total. The monoisotopic (exact) mass is 348 g/mol. The second-order valence-electron chi connectivity index (χ2n) is 5.49. The van der Waals surface area contributed by atoms with E-state index in [1.165, 1.54) is 11.8 Å². The van der Waals surface area contributed by atoms with Crippen molar-refractivity contribution in [3.05, 3.63) is 40.8 Å². The Bertz CT molecular complexity index is 711. The predicted molar refractivity (Wildman–Crippen MR) is 97.5 cm³/mol. The number of thioether (sulfide) groups is 1. The fourth-order valence-corrected chi connectivity index (χ4v) is 3.35. The van der Waals surface area contributed by atoms with E-state index in [1.807, 2.05) is 44.2 Å². The van der Waals surface area contributed by atoms with Crippen LogP contribution in [0.5, 0.6) is 0 Å². The number of carbonyl (C=O) groups excluding carboxylic acids is 1. The quantitative estimate of drug-likeness (QED) is 0.745. The molecule has 1 N–H and O–H groups in total. The van der Waals surface area contributed by atoms with Crippen molar-refractivity contribution in [1.29, 1.82) is 0 Å². The van der Waals surface area contributed by atoms with Crippen LogP contribution in [0, 0.1) is 0 Å². The van der Waals surface area contributed by atoms with Crippen molar-refractivity contribution in [2.24, 2.45) is 0 Å². The van der Waals surface area contributed by atoms with E-state index >= 15 is 0 Å². The highest BCUT2D eigenvalue weighted by molar-refractivity contribution is 8.00. The van der Waals surface area contributed by atoms with Crippen LogP contribution in [0.25, 0.3) is 0 Å². The normalized spacial score (nSPS) is 12.1. The summed E-state index contributed by atoms with van der Waals surface area (Å²) in [7, 11) is 0. The second kappa shape index (κ2) is 8.73. The van der Waals surface area contributed by atoms with E-state index in [-0.39, 0.29) is 16.8 Å². The van der Waals surface area contributed by atoms with Crippen molar-refractivity contribution < 1.29 is 4.79 Å². The molecule has 7 heteroatoms. The Kier molecular flexibility index (Phi) is 6.66. The van der Waals surface area contributed by atoms with Gasteiger partial charge in [-0.25, -0.2) is 9.89 Å². The Balaban J connectivity index is 2.13. The van der Waals surface area contributed by atoms with Crippen LogP contribution < -0.4 is 10.6 Å². The first-order valence-electron chi connectivity index (χ1n) is 8.26. The van der Waals surface area contributed by atoms with E-state index in [0.29, 0.717) is 18.2 Å². The van der Waals surface area contributed by atoms with E-state index in [9.17, 15) is 9.59 Å². The molecule has 1 aromatic heterocycles. The van der Waals surface area contributed by atoms with Gasteiger partial charge in [-0.1, -0.05) is 43.3 Å². The first-order valence-corrected chi connectivity index (χ1v) is 9.14. The molecule has 0 radical (unpaired) electrons. The maximum absolute atomic E-state index is 12.8. The Morgan fingerprint density at radius 2 is 2.04 bits per heavy atom. The van der Waals surface area contributed by atoms with Gasteiger partial charge in [-0.3, -0.25) is 9.36 Å². The minimum atomic E-state index is -0.333. The Hall–Kier alpha value is -2.02. The number of aromatic amines is 1. The van der Waals surface area contributed by atoms with Gasteiger partial charge in [0.05, 0.1) is 5.25 Å². The van der Waals surface area contributed by atoms with Crippen molar-refractivity contribution in [1.82, 2.24) is 14.8 Å². The lowest BCUT2D eigenvalue weighted by Crippen LogP contribution is -2.36. The van der Waals surface area contributed by atoms with Gasteiger partial charge in [0.15, 0.2) is 5.16 Å². The Morgan fingerprint density at radius 3 is 2.67 bits per heavy atom. The topological polar surface area (TPSA) is 71.0 Å². The van der Waals surface area contributed by atoms with E-state index in [4.69, 9.17) is 0 Å². The van der Waals surface area contributed by atoms with Gasteiger partial charge in [-0.15, -0.1) is 5.10 Å². The molecule has 0 saturated heterocycles. The van der Waals surface area contributed by atoms with Crippen LogP contribution in [0.1, 0.15) is 33.6 Å². The highest BCUT2D eigenvalue weighted by Gasteiger charge is 2.24. The molecule has 2 rings (SSSR count). The van der Waals surface area contributed by atoms with Gasteiger partial charge in [-0.05, 0) is 32.4 Å². The van der Waals surface area contributed by atoms with Gasteiger partial charge in [0.25, 0.3) is 0 Å². The molecule has 1 unspecified atom stereocenters. The number of nitrogens with one attached hydrogen (secondary N) is 1. The third-order valence-corrected chi connectivity index (χ3v) is 4.82. The van der Waals surface area contributed by atoms with Crippen LogP contribution in [0.4, 0.5) is 5.69 Å². The molecule has 24 heavy (non-hydrogen) atoms. The lowest BCUT2D eigenvalue weighted by atomic mass is 10.2. The summed E-state index contributed by atoms with van der Waals surface area (Å²) >= 11 is 1.32. The summed E-state index contributed by atoms with van der Waals surface area (Å²) in [6, 6.07) is 9.60. The smallest absolute Gasteiger partial charge is 0.312 e. The Morgan fingerprint density at radius 1 is 1.33 bits per heavy atom. The largest absolute Gasteiger partial charge is 0.343 e. The molecule has 0 aliphatic carbocycles. The van der Waals surface area contributed by atoms with Crippen LogP contribution in [-0.2, 0) is 11.3 Å². The molecule has 0 saturated carbocycles. The zero-order valence-corrected chi connectivity index (χ0v) is 15.2. The van der Waals surface area contributed by atoms with Gasteiger partial charge < -0.3 is 4.90 Å². The summed E-state index contributed by atoms with van der Waals surface area (Å²) in [6.07, 6.45) is 1.90. The fourth-order valence-electron chi connectivity index (χ4n) is 2.41. The Labute approximate surface area is 146 Å². The third kappa shape index (κ3) is 4.29. The van der Waals surface area contributed by atoms with Crippen molar-refractivity contribution in [2.75, 3.05) is 11.4 Å². The molecular formula is C17H24N4O2S. The molecule has 0 spiro atoms. The highest BCUT2D eigenvalue weighted by atomic mass is 32.2. The van der Waals surface area contributed by atoms with Crippen LogP contribution in [0.2, 0.25) is 0 Å². The standard InChI is InChI=1S/C17H24N4O2S/c1-4-6-12-21-16(23)18-19-17(21)24-13(3)15(22)20(5-2)14-10-8-7-9-11-14/h7-11,13H,4-6,12H2,1-3H3,(H,18,23). The number of nitrogens with zero attached hydrogens (tertiary/aromatic N) is 3. The van der Waals surface area contributed by atoms with E-state index in [0.717, 1.165) is 18.5 Å². The van der Waals surface area contributed by atoms with Gasteiger partial charge in [-0.2, -0.15) is 0 Å². The molecule has 0 aliphatic rings. The van der Waals surface area contributed by atoms with Crippen LogP contribution in [0.3, 0.4) is 0 Å². The summed E-state index contributed by atoms with van der Waals surface area (Å²) in [5, 5.41) is 6.78. The van der Waals surface area contributed by atoms with Crippen molar-refractivity contribution in [2.45, 2.75) is 50.6 Å². The van der Waals surface area contributed by atoms with Crippen molar-refractivity contribution in [3.63, 3.8) is 0 Å². The number of unbranched alkanes of at least 4 members (excludes halogenated alkanes) is 1. The maximum Gasteiger partial charge on any atom is 0.343 e. The average Bonchev–Trinajstić information content (AvgIpc) is 2.94. The number of benzene rings is 1. The summed E-state index contributed by atoms with van der Waals surface area (Å²) in [4.78, 5) is 26.4. The average molecular weight is 348 g/mol. The van der Waals surface area contributed by atoms with Gasteiger partial charge in [0, 0.05) is 18.8 Å². The highest BCUT2D eigenvalue weighted by Crippen LogP contribution is 2.24. The molecule has 1 aromatic carbocycles. The summed E-state index contributed by atoms with van der Waals surface area (Å²) in [5.74, 6) is 0.00573. The molecule has 0 aliphatic heterocycles. The second-order valence-corrected chi connectivity index (χ2v) is 6.80. The lowest BCUT2D eigenvalue weighted by molar-refractivity contribution is -0.117. The molecule has 1 amide bonds. The molecule has 0 bridgehead atoms. The van der Waals surface area contributed by atoms with Crippen LogP contribution in [-0.4, -0.2) is 32.5 Å². The van der Waals surface area contributed by atoms with Gasteiger partial charge >= 0.3 is 5.69 Å². The van der Waals surface area contributed by atoms with Gasteiger partial charge in [0.2, 0.25) is 5.91 Å². The molecule has 1 atom stereocenters. The molecule has 1 heterocycles. The SMILES string of the molecule is CCCCn1c(SC(C)C(=O)N(CC)c2ccccc2)n[nH]c1=O. The minimum Gasteiger partial charge on any atom is -0.312 e. The van der Waals surface area contributed by atoms with Crippen LogP contribution >= 0.6 is 11.8 Å². The first kappa shape index (κ1) is 18.3. The number of carbonyl (C=O) groups is 1. The fraction of sp³-hybridized carbons (Fsp3) is 0.471. The molecule has 0 fully saturated rings. The first-order chi connectivity index (χ1) is 11.6.